The minimum Gasteiger partial charge on any atom is -0.411 e. The van der Waals surface area contributed by atoms with E-state index in [0.29, 0.717) is 6.54 Å². The topological polar surface area (TPSA) is 70.6 Å². The fourth-order valence-corrected chi connectivity index (χ4v) is 2.55. The summed E-state index contributed by atoms with van der Waals surface area (Å²) in [6, 6.07) is 10.6. The van der Waals surface area contributed by atoms with Crippen LogP contribution < -0.4 is 15.1 Å². The molecule has 6 heteroatoms. The molecule has 4 N–H and O–H groups in total. The first kappa shape index (κ1) is 19.1. The monoisotopic (exact) mass is 322 g/mol. The molecule has 0 spiro atoms. The second-order valence-electron chi connectivity index (χ2n) is 6.07. The van der Waals surface area contributed by atoms with E-state index in [1.807, 2.05) is 0 Å². The van der Waals surface area contributed by atoms with Crippen LogP contribution in [0.4, 0.5) is 0 Å². The van der Waals surface area contributed by atoms with Crippen LogP contribution >= 0.6 is 0 Å². The van der Waals surface area contributed by atoms with E-state index in [9.17, 15) is 4.79 Å². The second-order valence-corrected chi connectivity index (χ2v) is 6.07. The summed E-state index contributed by atoms with van der Waals surface area (Å²) in [7, 11) is 4.42. The summed E-state index contributed by atoms with van der Waals surface area (Å²) >= 11 is 0. The van der Waals surface area contributed by atoms with Crippen molar-refractivity contribution in [2.45, 2.75) is 19.4 Å². The van der Waals surface area contributed by atoms with E-state index in [1.165, 1.54) is 21.8 Å². The molecule has 6 nitrogen and oxygen atoms in total. The Morgan fingerprint density at radius 1 is 1.13 bits per heavy atom. The summed E-state index contributed by atoms with van der Waals surface area (Å²) in [5.41, 5.74) is 1.38. The third-order valence-corrected chi connectivity index (χ3v) is 3.81. The normalized spacial score (nSPS) is 13.8. The average molecular weight is 322 g/mol. The lowest BCUT2D eigenvalue weighted by Gasteiger charge is -2.17. The van der Waals surface area contributed by atoms with Gasteiger partial charge in [0.2, 0.25) is 0 Å². The number of benzene rings is 1. The number of rotatable bonds is 11. The smallest absolute Gasteiger partial charge is 0.265 e. The predicted octanol–water partition coefficient (Wildman–Crippen LogP) is -1.43. The van der Waals surface area contributed by atoms with Gasteiger partial charge in [-0.1, -0.05) is 35.5 Å². The van der Waals surface area contributed by atoms with Crippen molar-refractivity contribution in [3.63, 3.8) is 0 Å². The van der Waals surface area contributed by atoms with Gasteiger partial charge in [-0.05, 0) is 0 Å². The third kappa shape index (κ3) is 9.65. The fraction of sp³-hybridized carbons (Fsp3) is 0.529. The number of carbonyl (C=O) groups excluding carboxylic acids is 1. The van der Waals surface area contributed by atoms with E-state index >= 15 is 0 Å². The molecule has 1 aromatic rings. The minimum absolute atomic E-state index is 0.351. The number of quaternary nitrogens is 2. The molecular formula is C17H30N4O2+2. The summed E-state index contributed by atoms with van der Waals surface area (Å²) in [6.45, 7) is 5.00. The lowest BCUT2D eigenvalue weighted by atomic mass is 10.2. The van der Waals surface area contributed by atoms with Gasteiger partial charge in [0.1, 0.15) is 12.8 Å². The van der Waals surface area contributed by atoms with Gasteiger partial charge in [-0.15, -0.1) is 0 Å². The Kier molecular flexibility index (Phi) is 9.66. The van der Waals surface area contributed by atoms with Crippen LogP contribution in [-0.2, 0) is 11.3 Å². The standard InChI is InChI=1S/C17H28N4O2/c1-20(11-6-10-18-17(22)14-19-23)12-7-13-21(2)15-16-8-4-3-5-9-16/h3-5,8-9,14,23H,6-7,10-13,15H2,1-2H3,(H,18,22)/p+2/b19-14-. The number of hydrogen-bond donors (Lipinski definition) is 4. The number of carbonyl (C=O) groups is 1. The van der Waals surface area contributed by atoms with Crippen LogP contribution in [0.2, 0.25) is 0 Å². The van der Waals surface area contributed by atoms with Crippen molar-refractivity contribution in [1.29, 1.82) is 0 Å². The lowest BCUT2D eigenvalue weighted by molar-refractivity contribution is -0.908. The molecular weight excluding hydrogens is 292 g/mol. The van der Waals surface area contributed by atoms with E-state index in [0.717, 1.165) is 38.8 Å². The van der Waals surface area contributed by atoms with Gasteiger partial charge in [0.25, 0.3) is 5.91 Å². The maximum Gasteiger partial charge on any atom is 0.265 e. The highest BCUT2D eigenvalue weighted by atomic mass is 16.4. The largest absolute Gasteiger partial charge is 0.411 e. The molecule has 1 amide bonds. The van der Waals surface area contributed by atoms with Crippen LogP contribution in [0.25, 0.3) is 0 Å². The van der Waals surface area contributed by atoms with Gasteiger partial charge >= 0.3 is 0 Å². The zero-order chi connectivity index (χ0) is 16.9. The Morgan fingerprint density at radius 3 is 2.48 bits per heavy atom. The van der Waals surface area contributed by atoms with Crippen molar-refractivity contribution in [1.82, 2.24) is 5.32 Å². The minimum atomic E-state index is -0.351. The van der Waals surface area contributed by atoms with Gasteiger partial charge in [-0.3, -0.25) is 4.79 Å². The Hall–Kier alpha value is -1.92. The van der Waals surface area contributed by atoms with Crippen molar-refractivity contribution in [3.05, 3.63) is 35.9 Å². The Labute approximate surface area is 138 Å². The van der Waals surface area contributed by atoms with Crippen molar-refractivity contribution in [2.24, 2.45) is 5.16 Å². The van der Waals surface area contributed by atoms with Crippen molar-refractivity contribution in [2.75, 3.05) is 40.3 Å². The summed E-state index contributed by atoms with van der Waals surface area (Å²) in [6.07, 6.45) is 2.99. The summed E-state index contributed by atoms with van der Waals surface area (Å²) in [5, 5.41) is 13.6. The van der Waals surface area contributed by atoms with Crippen LogP contribution in [0.1, 0.15) is 18.4 Å². The number of nitrogens with zero attached hydrogens (tertiary/aromatic N) is 1. The molecule has 0 bridgehead atoms. The molecule has 0 radical (unpaired) electrons. The summed E-state index contributed by atoms with van der Waals surface area (Å²) in [5.74, 6) is -0.351. The Bertz CT molecular complexity index is 465. The van der Waals surface area contributed by atoms with E-state index < -0.39 is 0 Å². The van der Waals surface area contributed by atoms with Crippen LogP contribution in [0, 0.1) is 0 Å². The van der Waals surface area contributed by atoms with Crippen molar-refractivity contribution < 1.29 is 19.8 Å². The van der Waals surface area contributed by atoms with E-state index in [-0.39, 0.29) is 5.91 Å². The molecule has 128 valence electrons. The molecule has 1 rings (SSSR count). The molecule has 0 fully saturated rings. The van der Waals surface area contributed by atoms with Crippen LogP contribution in [-0.4, -0.2) is 57.6 Å². The zero-order valence-corrected chi connectivity index (χ0v) is 14.2. The maximum atomic E-state index is 11.1. The average Bonchev–Trinajstić information content (AvgIpc) is 2.53. The molecule has 2 atom stereocenters. The first-order chi connectivity index (χ1) is 11.1. The molecule has 0 aliphatic rings. The molecule has 1 aromatic carbocycles. The van der Waals surface area contributed by atoms with E-state index in [2.05, 4.69) is 54.9 Å². The maximum absolute atomic E-state index is 11.1. The Balaban J connectivity index is 2.05. The first-order valence-corrected chi connectivity index (χ1v) is 8.23. The van der Waals surface area contributed by atoms with Gasteiger partial charge < -0.3 is 20.3 Å². The Morgan fingerprint density at radius 2 is 1.78 bits per heavy atom. The van der Waals surface area contributed by atoms with Gasteiger partial charge in [0, 0.05) is 24.9 Å². The van der Waals surface area contributed by atoms with Gasteiger partial charge in [-0.2, -0.15) is 0 Å². The second kappa shape index (κ2) is 11.6. The third-order valence-electron chi connectivity index (χ3n) is 3.81. The molecule has 0 aliphatic heterocycles. The highest BCUT2D eigenvalue weighted by Gasteiger charge is 2.07. The fourth-order valence-electron chi connectivity index (χ4n) is 2.55. The highest BCUT2D eigenvalue weighted by molar-refractivity contribution is 6.25. The SMILES string of the molecule is C[NH+](CCCNC(=O)/C=N\O)CCC[NH+](C)Cc1ccccc1. The quantitative estimate of drug-likeness (QED) is 0.175. The van der Waals surface area contributed by atoms with Crippen molar-refractivity contribution >= 4 is 12.1 Å². The van der Waals surface area contributed by atoms with Crippen LogP contribution in [0.5, 0.6) is 0 Å². The number of oxime groups is 1. The summed E-state index contributed by atoms with van der Waals surface area (Å²) < 4.78 is 0. The number of nitrogens with one attached hydrogen (secondary N) is 3. The number of hydrogen-bond acceptors (Lipinski definition) is 3. The molecule has 0 aliphatic carbocycles. The first-order valence-electron chi connectivity index (χ1n) is 8.23. The molecule has 0 saturated carbocycles. The van der Waals surface area contributed by atoms with E-state index in [1.54, 1.807) is 0 Å². The number of amides is 1. The van der Waals surface area contributed by atoms with Crippen molar-refractivity contribution in [3.8, 4) is 0 Å². The van der Waals surface area contributed by atoms with Crippen LogP contribution in [0.15, 0.2) is 35.5 Å². The molecule has 0 heterocycles. The van der Waals surface area contributed by atoms with Gasteiger partial charge in [-0.25, -0.2) is 0 Å². The molecule has 0 aromatic heterocycles. The molecule has 23 heavy (non-hydrogen) atoms. The van der Waals surface area contributed by atoms with E-state index in [4.69, 9.17) is 5.21 Å². The van der Waals surface area contributed by atoms with Gasteiger partial charge in [0.05, 0.1) is 33.7 Å². The summed E-state index contributed by atoms with van der Waals surface area (Å²) in [4.78, 5) is 14.1. The predicted molar refractivity (Wildman–Crippen MR) is 91.0 cm³/mol. The zero-order valence-electron chi connectivity index (χ0n) is 14.2. The highest BCUT2D eigenvalue weighted by Crippen LogP contribution is 1.94. The van der Waals surface area contributed by atoms with Crippen LogP contribution in [0.3, 0.4) is 0 Å². The molecule has 2 unspecified atom stereocenters. The van der Waals surface area contributed by atoms with Gasteiger partial charge in [0.15, 0.2) is 0 Å². The molecule has 0 saturated heterocycles. The lowest BCUT2D eigenvalue weighted by Crippen LogP contribution is -3.11.